The molecule has 0 aliphatic heterocycles. The Morgan fingerprint density at radius 1 is 0.481 bits per heavy atom. The van der Waals surface area contributed by atoms with Crippen LogP contribution in [0.15, 0.2) is 83.9 Å². The molecular weight excluding hydrogens is 891 g/mol. The van der Waals surface area contributed by atoms with Crippen LogP contribution < -0.4 is 0 Å². The summed E-state index contributed by atoms with van der Waals surface area (Å²) < 4.78 is 165. The van der Waals surface area contributed by atoms with E-state index in [0.29, 0.717) is 11.1 Å². The molecule has 2 unspecified atom stereocenters. The second-order valence-electron chi connectivity index (χ2n) is 13.5. The van der Waals surface area contributed by atoms with E-state index in [-0.39, 0.29) is 41.7 Å². The van der Waals surface area contributed by atoms with Gasteiger partial charge < -0.3 is 0 Å². The van der Waals surface area contributed by atoms with Crippen LogP contribution in [0, 0.1) is 0 Å². The third-order valence-corrected chi connectivity index (χ3v) is 41.1. The summed E-state index contributed by atoms with van der Waals surface area (Å²) in [5, 5.41) is 0. The monoisotopic (exact) mass is 921 g/mol. The first kappa shape index (κ1) is 38.3. The molecule has 0 fully saturated rings. The van der Waals surface area contributed by atoms with Gasteiger partial charge in [-0.15, -0.1) is 0 Å². The van der Waals surface area contributed by atoms with Crippen LogP contribution in [-0.4, -0.2) is 5.98 Å². The van der Waals surface area contributed by atoms with Crippen molar-refractivity contribution in [3.63, 3.8) is 0 Å². The van der Waals surface area contributed by atoms with Gasteiger partial charge in [0, 0.05) is 0 Å². The second kappa shape index (κ2) is 13.2. The topological polar surface area (TPSA) is 0 Å². The zero-order valence-corrected chi connectivity index (χ0v) is 32.6. The van der Waals surface area contributed by atoms with Gasteiger partial charge in [0.2, 0.25) is 0 Å². The summed E-state index contributed by atoms with van der Waals surface area (Å²) in [6.45, 7) is 8.18. The SMILES string of the molecule is CC1=Cc2c(-c3cc(C(F)(F)F)cc(C(F)(F)F)c3)cccc2[CH]1[Hf]([CH]1C(C)=Cc2c(-c3cc(C(F)(F)F)cc(C(F)(F)F)c3)cccc21)[SiH](C)C. The van der Waals surface area contributed by atoms with Gasteiger partial charge in [-0.25, -0.2) is 0 Å². The molecule has 14 heteroatoms. The van der Waals surface area contributed by atoms with Crippen LogP contribution in [-0.2, 0) is 45.3 Å². The Morgan fingerprint density at radius 2 is 0.788 bits per heavy atom. The van der Waals surface area contributed by atoms with Gasteiger partial charge in [-0.2, -0.15) is 0 Å². The quantitative estimate of drug-likeness (QED) is 0.138. The van der Waals surface area contributed by atoms with E-state index >= 15 is 0 Å². The van der Waals surface area contributed by atoms with Gasteiger partial charge in [-0.3, -0.25) is 0 Å². The molecule has 4 aromatic carbocycles. The molecule has 0 aromatic heterocycles. The standard InChI is InChI=1S/2C18H11F6.C2H7Si.Hf/c2*1-10-5-11-3-2-4-15(16(11)6-10)12-7-13(17(19,20)21)9-14(8-12)18(22,23)24;1-3-2;/h2*2-9H,1H3;3H,1-2H3;. The van der Waals surface area contributed by atoms with Crippen molar-refractivity contribution < 1.29 is 73.3 Å². The predicted octanol–water partition coefficient (Wildman–Crippen LogP) is 13.3. The fourth-order valence-corrected chi connectivity index (χ4v) is 40.5. The van der Waals surface area contributed by atoms with Crippen LogP contribution in [0.1, 0.15) is 65.7 Å². The van der Waals surface area contributed by atoms with Crippen molar-refractivity contribution in [3.8, 4) is 22.3 Å². The number of allylic oxidation sites excluding steroid dienone is 2. The molecule has 2 aliphatic rings. The summed E-state index contributed by atoms with van der Waals surface area (Å²) in [6.07, 6.45) is -16.4. The number of alkyl halides is 12. The zero-order chi connectivity index (χ0) is 38.3. The van der Waals surface area contributed by atoms with Gasteiger partial charge in [0.15, 0.2) is 0 Å². The number of hydrogen-bond acceptors (Lipinski definition) is 0. The zero-order valence-electron chi connectivity index (χ0n) is 27.9. The first-order chi connectivity index (χ1) is 24.0. The molecule has 0 bridgehead atoms. The number of rotatable bonds is 5. The molecule has 2 aliphatic carbocycles. The molecule has 0 heterocycles. The first-order valence-electron chi connectivity index (χ1n) is 16.1. The average molecular weight is 920 g/mol. The van der Waals surface area contributed by atoms with Gasteiger partial charge in [-0.05, 0) is 0 Å². The van der Waals surface area contributed by atoms with Gasteiger partial charge >= 0.3 is 301 Å². The summed E-state index contributed by atoms with van der Waals surface area (Å²) in [4.78, 5) is 0. The maximum absolute atomic E-state index is 13.8. The van der Waals surface area contributed by atoms with Gasteiger partial charge in [0.05, 0.1) is 0 Å². The summed E-state index contributed by atoms with van der Waals surface area (Å²) in [5.41, 5.74) is -1.05. The molecule has 0 saturated heterocycles. The van der Waals surface area contributed by atoms with E-state index in [9.17, 15) is 52.7 Å². The van der Waals surface area contributed by atoms with Crippen molar-refractivity contribution in [2.45, 2.75) is 59.0 Å². The molecule has 273 valence electrons. The Bertz CT molecular complexity index is 1900. The molecule has 0 saturated carbocycles. The van der Waals surface area contributed by atoms with Crippen molar-refractivity contribution in [1.82, 2.24) is 0 Å². The fourth-order valence-electron chi connectivity index (χ4n) is 7.55. The molecular formula is C38H29F12HfSi. The van der Waals surface area contributed by atoms with Gasteiger partial charge in [0.1, 0.15) is 0 Å². The summed E-state index contributed by atoms with van der Waals surface area (Å²) >= 11 is -3.14. The van der Waals surface area contributed by atoms with Crippen LogP contribution in [0.3, 0.4) is 0 Å². The fraction of sp³-hybridized carbons (Fsp3) is 0.263. The van der Waals surface area contributed by atoms with Crippen LogP contribution in [0.5, 0.6) is 0 Å². The van der Waals surface area contributed by atoms with E-state index in [0.717, 1.165) is 46.5 Å². The minimum atomic E-state index is -5.02. The van der Waals surface area contributed by atoms with Crippen molar-refractivity contribution in [2.24, 2.45) is 0 Å². The molecule has 52 heavy (non-hydrogen) atoms. The van der Waals surface area contributed by atoms with E-state index < -0.39 is 73.5 Å². The van der Waals surface area contributed by atoms with Crippen LogP contribution in [0.2, 0.25) is 13.1 Å². The normalized spacial score (nSPS) is 17.6. The Morgan fingerprint density at radius 3 is 1.06 bits per heavy atom. The molecule has 0 nitrogen and oxygen atoms in total. The second-order valence-corrected chi connectivity index (χ2v) is 41.5. The number of benzene rings is 4. The summed E-state index contributed by atoms with van der Waals surface area (Å²) in [5.74, 6) is -1.55. The van der Waals surface area contributed by atoms with Crippen molar-refractivity contribution in [1.29, 1.82) is 0 Å². The van der Waals surface area contributed by atoms with Gasteiger partial charge in [-0.1, -0.05) is 0 Å². The van der Waals surface area contributed by atoms with Crippen LogP contribution >= 0.6 is 0 Å². The third kappa shape index (κ3) is 7.13. The maximum atomic E-state index is 13.8. The minimum absolute atomic E-state index is 0.0950. The van der Waals surface area contributed by atoms with Crippen molar-refractivity contribution in [2.75, 3.05) is 0 Å². The average Bonchev–Trinajstić information content (AvgIpc) is 3.54. The summed E-state index contributed by atoms with van der Waals surface area (Å²) in [6, 6.07) is 13.0. The summed E-state index contributed by atoms with van der Waals surface area (Å²) in [7, 11) is 0. The molecule has 0 N–H and O–H groups in total. The third-order valence-electron chi connectivity index (χ3n) is 9.69. The predicted molar refractivity (Wildman–Crippen MR) is 175 cm³/mol. The number of halogens is 12. The number of fused-ring (bicyclic) bond motifs is 2. The molecule has 6 rings (SSSR count). The molecule has 0 spiro atoms. The van der Waals surface area contributed by atoms with E-state index in [1.165, 1.54) is 12.1 Å². The van der Waals surface area contributed by atoms with Crippen molar-refractivity contribution >= 4 is 18.1 Å². The molecule has 4 aromatic rings. The molecule has 2 atom stereocenters. The van der Waals surface area contributed by atoms with E-state index in [1.54, 1.807) is 12.1 Å². The van der Waals surface area contributed by atoms with E-state index in [4.69, 9.17) is 0 Å². The first-order valence-corrected chi connectivity index (χ1v) is 29.3. The number of hydrogen-bond donors (Lipinski definition) is 0. The van der Waals surface area contributed by atoms with Crippen LogP contribution in [0.25, 0.3) is 34.4 Å². The van der Waals surface area contributed by atoms with E-state index in [2.05, 4.69) is 13.1 Å². The van der Waals surface area contributed by atoms with Crippen molar-refractivity contribution in [3.05, 3.63) is 128 Å². The van der Waals surface area contributed by atoms with Crippen LogP contribution in [0.4, 0.5) is 52.7 Å². The van der Waals surface area contributed by atoms with Gasteiger partial charge in [0.25, 0.3) is 0 Å². The Kier molecular flexibility index (Phi) is 9.71. The Balaban J connectivity index is 1.48. The molecule has 0 radical (unpaired) electrons. The molecule has 0 amide bonds. The Labute approximate surface area is 300 Å². The Hall–Kier alpha value is -3.39. The van der Waals surface area contributed by atoms with E-state index in [1.807, 2.05) is 38.1 Å².